The molecule has 210 valence electrons. The molecule has 2 aliphatic rings. The molecule has 0 fully saturated rings. The van der Waals surface area contributed by atoms with E-state index < -0.39 is 11.9 Å². The van der Waals surface area contributed by atoms with E-state index in [1.54, 1.807) is 61.7 Å². The van der Waals surface area contributed by atoms with Crippen molar-refractivity contribution in [2.45, 2.75) is 13.0 Å². The molecule has 0 aromatic heterocycles. The molecule has 0 spiro atoms. The molecule has 10 heteroatoms. The number of nitrogens with one attached hydrogen (secondary N) is 2. The van der Waals surface area contributed by atoms with E-state index in [1.807, 2.05) is 12.1 Å². The smallest absolute Gasteiger partial charge is 0.329 e. The Morgan fingerprint density at radius 1 is 1.02 bits per heavy atom. The van der Waals surface area contributed by atoms with Crippen LogP contribution in [0.2, 0.25) is 0 Å². The van der Waals surface area contributed by atoms with Crippen LogP contribution >= 0.6 is 0 Å². The highest BCUT2D eigenvalue weighted by atomic mass is 16.7. The third-order valence-electron chi connectivity index (χ3n) is 6.77. The third kappa shape index (κ3) is 5.86. The van der Waals surface area contributed by atoms with Crippen LogP contribution in [0.5, 0.6) is 17.2 Å². The van der Waals surface area contributed by atoms with Crippen LogP contribution in [0.3, 0.4) is 0 Å². The Labute approximate surface area is 237 Å². The maximum absolute atomic E-state index is 13.6. The number of anilines is 2. The second kappa shape index (κ2) is 11.9. The summed E-state index contributed by atoms with van der Waals surface area (Å²) in [5.41, 5.74) is 3.31. The minimum atomic E-state index is -0.410. The lowest BCUT2D eigenvalue weighted by Crippen LogP contribution is -2.49. The first kappa shape index (κ1) is 27.3. The number of methoxy groups -OCH3 is 1. The fraction of sp³-hybridized carbons (Fsp3) is 0.194. The van der Waals surface area contributed by atoms with Crippen LogP contribution in [0.1, 0.15) is 27.9 Å². The van der Waals surface area contributed by atoms with Gasteiger partial charge in [0, 0.05) is 35.6 Å². The number of benzene rings is 3. The van der Waals surface area contributed by atoms with E-state index in [9.17, 15) is 14.4 Å². The molecule has 0 unspecified atom stereocenters. The predicted molar refractivity (Wildman–Crippen MR) is 155 cm³/mol. The van der Waals surface area contributed by atoms with Crippen LogP contribution in [-0.4, -0.2) is 49.7 Å². The highest BCUT2D eigenvalue weighted by molar-refractivity contribution is 6.10. The molecule has 3 aromatic carbocycles. The van der Waals surface area contributed by atoms with Crippen molar-refractivity contribution in [2.24, 2.45) is 0 Å². The van der Waals surface area contributed by atoms with E-state index in [0.29, 0.717) is 58.4 Å². The number of ether oxygens (including phenoxy) is 3. The lowest BCUT2D eigenvalue weighted by atomic mass is 10.0. The number of urea groups is 1. The summed E-state index contributed by atoms with van der Waals surface area (Å²) in [4.78, 5) is 42.7. The monoisotopic (exact) mass is 554 g/mol. The number of nitrogens with zero attached hydrogens (tertiary/aromatic N) is 2. The standard InChI is InChI=1S/C31H30N4O6/c1-4-5-14-34-20(2)25-12-7-22(30(37)32-17-21-6-13-27-28(15-21)41-19-40-27)16-26(25)35(31(34)38)18-29(36)33-23-8-10-24(39-3)11-9-23/h4,6-13,15-16H,1-2,5,14,17-19H2,3H3,(H,32,37)(H,33,36). The van der Waals surface area contributed by atoms with Gasteiger partial charge in [0.25, 0.3) is 5.91 Å². The Balaban J connectivity index is 1.36. The summed E-state index contributed by atoms with van der Waals surface area (Å²) in [6.07, 6.45) is 2.26. The van der Waals surface area contributed by atoms with Crippen LogP contribution in [0, 0.1) is 0 Å². The zero-order valence-electron chi connectivity index (χ0n) is 22.6. The molecule has 10 nitrogen and oxygen atoms in total. The fourth-order valence-electron chi connectivity index (χ4n) is 4.61. The summed E-state index contributed by atoms with van der Waals surface area (Å²) in [6.45, 7) is 8.39. The van der Waals surface area contributed by atoms with Crippen molar-refractivity contribution in [3.05, 3.63) is 96.6 Å². The Hall–Kier alpha value is -5.25. The van der Waals surface area contributed by atoms with Crippen molar-refractivity contribution in [1.82, 2.24) is 10.2 Å². The van der Waals surface area contributed by atoms with Gasteiger partial charge in [0.1, 0.15) is 12.3 Å². The number of amides is 4. The van der Waals surface area contributed by atoms with Gasteiger partial charge in [0.05, 0.1) is 12.8 Å². The summed E-state index contributed by atoms with van der Waals surface area (Å²) in [5, 5.41) is 5.71. The average Bonchev–Trinajstić information content (AvgIpc) is 3.46. The molecule has 0 saturated carbocycles. The second-order valence-corrected chi connectivity index (χ2v) is 9.42. The van der Waals surface area contributed by atoms with Crippen molar-refractivity contribution in [2.75, 3.05) is 37.2 Å². The highest BCUT2D eigenvalue weighted by Gasteiger charge is 2.34. The number of carbonyl (C=O) groups is 3. The lowest BCUT2D eigenvalue weighted by molar-refractivity contribution is -0.114. The molecule has 2 aliphatic heterocycles. The molecule has 0 saturated heterocycles. The van der Waals surface area contributed by atoms with E-state index in [0.717, 1.165) is 5.56 Å². The maximum Gasteiger partial charge on any atom is 0.329 e. The van der Waals surface area contributed by atoms with Crippen molar-refractivity contribution in [1.29, 1.82) is 0 Å². The molecule has 2 N–H and O–H groups in total. The van der Waals surface area contributed by atoms with Gasteiger partial charge in [-0.05, 0) is 60.5 Å². The Morgan fingerprint density at radius 3 is 2.56 bits per heavy atom. The molecule has 5 rings (SSSR count). The van der Waals surface area contributed by atoms with Crippen LogP contribution in [-0.2, 0) is 11.3 Å². The van der Waals surface area contributed by atoms with Crippen molar-refractivity contribution in [3.8, 4) is 17.2 Å². The van der Waals surface area contributed by atoms with E-state index in [-0.39, 0.29) is 25.8 Å². The molecule has 0 bridgehead atoms. The first-order chi connectivity index (χ1) is 19.9. The van der Waals surface area contributed by atoms with Crippen molar-refractivity contribution in [3.63, 3.8) is 0 Å². The van der Waals surface area contributed by atoms with Crippen molar-refractivity contribution >= 4 is 34.9 Å². The van der Waals surface area contributed by atoms with E-state index in [2.05, 4.69) is 23.8 Å². The zero-order chi connectivity index (χ0) is 28.9. The van der Waals surface area contributed by atoms with Gasteiger partial charge in [0.2, 0.25) is 12.7 Å². The SMILES string of the molecule is C=CCCN1C(=C)c2ccc(C(=O)NCc3ccc4c(c3)OCO4)cc2N(CC(=O)Nc2ccc(OC)cc2)C1=O. The number of fused-ring (bicyclic) bond motifs is 2. The van der Waals surface area contributed by atoms with Crippen LogP contribution < -0.4 is 29.7 Å². The summed E-state index contributed by atoms with van der Waals surface area (Å²) < 4.78 is 15.9. The number of carbonyl (C=O) groups excluding carboxylic acids is 3. The topological polar surface area (TPSA) is 109 Å². The minimum absolute atomic E-state index is 0.171. The second-order valence-electron chi connectivity index (χ2n) is 9.42. The molecule has 41 heavy (non-hydrogen) atoms. The van der Waals surface area contributed by atoms with Gasteiger partial charge >= 0.3 is 6.03 Å². The molecule has 4 amide bonds. The summed E-state index contributed by atoms with van der Waals surface area (Å²) in [7, 11) is 1.56. The third-order valence-corrected chi connectivity index (χ3v) is 6.77. The van der Waals surface area contributed by atoms with Crippen LogP contribution in [0.4, 0.5) is 16.2 Å². The summed E-state index contributed by atoms with van der Waals surface area (Å²) in [6, 6.07) is 17.0. The number of hydrogen-bond donors (Lipinski definition) is 2. The van der Waals surface area contributed by atoms with Gasteiger partial charge in [0.15, 0.2) is 11.5 Å². The molecule has 3 aromatic rings. The molecule has 0 radical (unpaired) electrons. The van der Waals surface area contributed by atoms with E-state index >= 15 is 0 Å². The normalized spacial score (nSPS) is 13.5. The van der Waals surface area contributed by atoms with Gasteiger partial charge in [-0.15, -0.1) is 6.58 Å². The van der Waals surface area contributed by atoms with Gasteiger partial charge < -0.3 is 24.8 Å². The van der Waals surface area contributed by atoms with E-state index in [1.165, 1.54) is 9.80 Å². The Kier molecular flexibility index (Phi) is 7.91. The fourth-order valence-corrected chi connectivity index (χ4v) is 4.61. The molecular weight excluding hydrogens is 524 g/mol. The molecule has 0 aliphatic carbocycles. The summed E-state index contributed by atoms with van der Waals surface area (Å²) >= 11 is 0. The molecule has 0 atom stereocenters. The highest BCUT2D eigenvalue weighted by Crippen LogP contribution is 2.36. The van der Waals surface area contributed by atoms with Gasteiger partial charge in [-0.2, -0.15) is 0 Å². The summed E-state index contributed by atoms with van der Waals surface area (Å²) in [5.74, 6) is 1.22. The quantitative estimate of drug-likeness (QED) is 0.349. The maximum atomic E-state index is 13.6. The molecular formula is C31H30N4O6. The number of rotatable bonds is 10. The zero-order valence-corrected chi connectivity index (χ0v) is 22.6. The lowest BCUT2D eigenvalue weighted by Gasteiger charge is -2.38. The first-order valence-electron chi connectivity index (χ1n) is 13.0. The largest absolute Gasteiger partial charge is 0.497 e. The van der Waals surface area contributed by atoms with Crippen LogP contribution in [0.25, 0.3) is 5.70 Å². The average molecular weight is 555 g/mol. The van der Waals surface area contributed by atoms with Crippen molar-refractivity contribution < 1.29 is 28.6 Å². The van der Waals surface area contributed by atoms with Gasteiger partial charge in [-0.25, -0.2) is 4.79 Å². The minimum Gasteiger partial charge on any atom is -0.497 e. The first-order valence-corrected chi connectivity index (χ1v) is 13.0. The number of hydrogen-bond acceptors (Lipinski definition) is 6. The Morgan fingerprint density at radius 2 is 1.80 bits per heavy atom. The molecule has 2 heterocycles. The van der Waals surface area contributed by atoms with E-state index in [4.69, 9.17) is 14.2 Å². The van der Waals surface area contributed by atoms with Crippen LogP contribution in [0.15, 0.2) is 79.9 Å². The van der Waals surface area contributed by atoms with Gasteiger partial charge in [-0.1, -0.05) is 24.8 Å². The Bertz CT molecular complexity index is 1520. The predicted octanol–water partition coefficient (Wildman–Crippen LogP) is 4.78. The van der Waals surface area contributed by atoms with Gasteiger partial charge in [-0.3, -0.25) is 19.4 Å².